The Bertz CT molecular complexity index is 737. The zero-order chi connectivity index (χ0) is 13.6. The predicted octanol–water partition coefficient (Wildman–Crippen LogP) is 1.84. The summed E-state index contributed by atoms with van der Waals surface area (Å²) >= 11 is 0. The van der Waals surface area contributed by atoms with Crippen LogP contribution in [0, 0.1) is 0 Å². The molecule has 0 radical (unpaired) electrons. The molecule has 0 spiro atoms. The Morgan fingerprint density at radius 2 is 2.05 bits per heavy atom. The number of nitrogens with two attached hydrogens (primary N) is 1. The van der Waals surface area contributed by atoms with Crippen molar-refractivity contribution in [3.8, 4) is 11.3 Å². The zero-order valence-electron chi connectivity index (χ0n) is 11.2. The van der Waals surface area contributed by atoms with Crippen LogP contribution in [-0.4, -0.2) is 24.4 Å². The first-order valence-electron chi connectivity index (χ1n) is 6.19. The molecule has 98 valence electrons. The Balaban J connectivity index is 2.30. The van der Waals surface area contributed by atoms with Gasteiger partial charge in [-0.1, -0.05) is 13.8 Å². The van der Waals surface area contributed by atoms with Gasteiger partial charge < -0.3 is 5.73 Å². The van der Waals surface area contributed by atoms with Crippen LogP contribution in [-0.2, 0) is 7.05 Å². The molecule has 2 N–H and O–H groups in total. The SMILES string of the molecule is CC(C)c1c(-c2cnn3ccncc23)nn(C)c1N. The monoisotopic (exact) mass is 256 g/mol. The lowest BCUT2D eigenvalue weighted by atomic mass is 9.99. The van der Waals surface area contributed by atoms with Crippen molar-refractivity contribution in [1.29, 1.82) is 0 Å². The van der Waals surface area contributed by atoms with Gasteiger partial charge in [-0.3, -0.25) is 9.67 Å². The van der Waals surface area contributed by atoms with E-state index < -0.39 is 0 Å². The Hall–Kier alpha value is -2.37. The maximum Gasteiger partial charge on any atom is 0.125 e. The highest BCUT2D eigenvalue weighted by molar-refractivity contribution is 5.81. The molecular formula is C13H16N6. The highest BCUT2D eigenvalue weighted by Crippen LogP contribution is 2.34. The van der Waals surface area contributed by atoms with Gasteiger partial charge in [0.1, 0.15) is 11.5 Å². The fourth-order valence-corrected chi connectivity index (χ4v) is 2.34. The van der Waals surface area contributed by atoms with E-state index in [2.05, 4.69) is 29.0 Å². The summed E-state index contributed by atoms with van der Waals surface area (Å²) in [6.07, 6.45) is 7.13. The van der Waals surface area contributed by atoms with Gasteiger partial charge in [-0.05, 0) is 5.92 Å². The number of anilines is 1. The fourth-order valence-electron chi connectivity index (χ4n) is 2.34. The summed E-state index contributed by atoms with van der Waals surface area (Å²) in [5.74, 6) is 1.00. The highest BCUT2D eigenvalue weighted by atomic mass is 15.3. The Morgan fingerprint density at radius 3 is 2.79 bits per heavy atom. The molecule has 0 amide bonds. The van der Waals surface area contributed by atoms with E-state index in [9.17, 15) is 0 Å². The van der Waals surface area contributed by atoms with Crippen molar-refractivity contribution in [2.24, 2.45) is 7.05 Å². The van der Waals surface area contributed by atoms with E-state index in [0.29, 0.717) is 11.7 Å². The lowest BCUT2D eigenvalue weighted by Crippen LogP contribution is -2.00. The topological polar surface area (TPSA) is 74.0 Å². The maximum atomic E-state index is 6.11. The number of rotatable bonds is 2. The molecule has 6 nitrogen and oxygen atoms in total. The number of aromatic nitrogens is 5. The first-order chi connectivity index (χ1) is 9.09. The second kappa shape index (κ2) is 4.08. The number of nitrogen functional groups attached to an aromatic ring is 1. The predicted molar refractivity (Wildman–Crippen MR) is 73.7 cm³/mol. The second-order valence-electron chi connectivity index (χ2n) is 4.89. The number of hydrogen-bond acceptors (Lipinski definition) is 4. The van der Waals surface area contributed by atoms with Gasteiger partial charge in [-0.15, -0.1) is 0 Å². The summed E-state index contributed by atoms with van der Waals surface area (Å²) in [6.45, 7) is 4.22. The Kier molecular flexibility index (Phi) is 2.51. The molecule has 6 heteroatoms. The van der Waals surface area contributed by atoms with Crippen LogP contribution >= 0.6 is 0 Å². The number of fused-ring (bicyclic) bond motifs is 1. The van der Waals surface area contributed by atoms with Gasteiger partial charge in [-0.25, -0.2) is 4.52 Å². The second-order valence-corrected chi connectivity index (χ2v) is 4.89. The van der Waals surface area contributed by atoms with E-state index in [-0.39, 0.29) is 0 Å². The van der Waals surface area contributed by atoms with Crippen molar-refractivity contribution in [3.63, 3.8) is 0 Å². The summed E-state index contributed by atoms with van der Waals surface area (Å²) in [7, 11) is 1.86. The molecule has 0 unspecified atom stereocenters. The van der Waals surface area contributed by atoms with Crippen LogP contribution in [0.1, 0.15) is 25.3 Å². The molecule has 3 aromatic heterocycles. The molecule has 0 bridgehead atoms. The summed E-state index contributed by atoms with van der Waals surface area (Å²) in [5, 5.41) is 8.86. The molecule has 0 aliphatic heterocycles. The summed E-state index contributed by atoms with van der Waals surface area (Å²) < 4.78 is 3.50. The van der Waals surface area contributed by atoms with Crippen LogP contribution in [0.25, 0.3) is 16.8 Å². The van der Waals surface area contributed by atoms with Crippen LogP contribution < -0.4 is 5.73 Å². The molecule has 19 heavy (non-hydrogen) atoms. The summed E-state index contributed by atoms with van der Waals surface area (Å²) in [5.41, 5.74) is 9.95. The molecule has 0 saturated heterocycles. The van der Waals surface area contributed by atoms with E-state index in [1.54, 1.807) is 21.6 Å². The molecular weight excluding hydrogens is 240 g/mol. The molecule has 0 aliphatic carbocycles. The average Bonchev–Trinajstić information content (AvgIpc) is 2.92. The van der Waals surface area contributed by atoms with Crippen LogP contribution in [0.4, 0.5) is 5.82 Å². The Labute approximate surface area is 110 Å². The van der Waals surface area contributed by atoms with Gasteiger partial charge in [-0.2, -0.15) is 10.2 Å². The van der Waals surface area contributed by atoms with E-state index >= 15 is 0 Å². The lowest BCUT2D eigenvalue weighted by molar-refractivity contribution is 0.780. The normalized spacial score (nSPS) is 11.6. The molecule has 0 fully saturated rings. The number of aryl methyl sites for hydroxylation is 1. The van der Waals surface area contributed by atoms with Gasteiger partial charge in [0.25, 0.3) is 0 Å². The molecule has 3 aromatic rings. The molecule has 3 rings (SSSR count). The molecule has 0 aromatic carbocycles. The average molecular weight is 256 g/mol. The molecule has 0 atom stereocenters. The summed E-state index contributed by atoms with van der Waals surface area (Å²) in [4.78, 5) is 4.15. The van der Waals surface area contributed by atoms with E-state index in [4.69, 9.17) is 5.73 Å². The van der Waals surface area contributed by atoms with Crippen molar-refractivity contribution < 1.29 is 0 Å². The van der Waals surface area contributed by atoms with Gasteiger partial charge in [0.2, 0.25) is 0 Å². The number of nitrogens with zero attached hydrogens (tertiary/aromatic N) is 5. The standard InChI is InChI=1S/C13H16N6/c1-8(2)11-12(17-18(3)13(11)14)9-6-16-19-5-4-15-7-10(9)19/h4-8H,14H2,1-3H3. The quantitative estimate of drug-likeness (QED) is 0.759. The fraction of sp³-hybridized carbons (Fsp3) is 0.308. The molecule has 0 aliphatic rings. The smallest absolute Gasteiger partial charge is 0.125 e. The third-order valence-electron chi connectivity index (χ3n) is 3.29. The maximum absolute atomic E-state index is 6.11. The van der Waals surface area contributed by atoms with Crippen LogP contribution in [0.15, 0.2) is 24.8 Å². The van der Waals surface area contributed by atoms with Crippen molar-refractivity contribution in [2.75, 3.05) is 5.73 Å². The first-order valence-corrected chi connectivity index (χ1v) is 6.19. The number of hydrogen-bond donors (Lipinski definition) is 1. The van der Waals surface area contributed by atoms with Gasteiger partial charge in [0.15, 0.2) is 0 Å². The van der Waals surface area contributed by atoms with Gasteiger partial charge in [0, 0.05) is 30.6 Å². The van der Waals surface area contributed by atoms with E-state index in [0.717, 1.165) is 22.3 Å². The van der Waals surface area contributed by atoms with Crippen molar-refractivity contribution >= 4 is 11.3 Å². The van der Waals surface area contributed by atoms with Crippen LogP contribution in [0.5, 0.6) is 0 Å². The van der Waals surface area contributed by atoms with E-state index in [1.807, 2.05) is 19.4 Å². The Morgan fingerprint density at radius 1 is 1.26 bits per heavy atom. The molecule has 3 heterocycles. The van der Waals surface area contributed by atoms with Crippen molar-refractivity contribution in [3.05, 3.63) is 30.4 Å². The summed E-state index contributed by atoms with van der Waals surface area (Å²) in [6, 6.07) is 0. The van der Waals surface area contributed by atoms with Crippen LogP contribution in [0.2, 0.25) is 0 Å². The van der Waals surface area contributed by atoms with Crippen molar-refractivity contribution in [2.45, 2.75) is 19.8 Å². The third-order valence-corrected chi connectivity index (χ3v) is 3.29. The highest BCUT2D eigenvalue weighted by Gasteiger charge is 2.20. The van der Waals surface area contributed by atoms with E-state index in [1.165, 1.54) is 0 Å². The van der Waals surface area contributed by atoms with Crippen LogP contribution in [0.3, 0.4) is 0 Å². The largest absolute Gasteiger partial charge is 0.384 e. The van der Waals surface area contributed by atoms with Crippen molar-refractivity contribution in [1.82, 2.24) is 24.4 Å². The minimum absolute atomic E-state index is 0.301. The minimum Gasteiger partial charge on any atom is -0.384 e. The first kappa shape index (κ1) is 11.7. The van der Waals surface area contributed by atoms with Gasteiger partial charge in [0.05, 0.1) is 17.9 Å². The van der Waals surface area contributed by atoms with Gasteiger partial charge >= 0.3 is 0 Å². The lowest BCUT2D eigenvalue weighted by Gasteiger charge is -2.06. The zero-order valence-corrected chi connectivity index (χ0v) is 11.2. The molecule has 0 saturated carbocycles. The minimum atomic E-state index is 0.301. The third kappa shape index (κ3) is 1.68.